The van der Waals surface area contributed by atoms with E-state index in [1.54, 1.807) is 6.07 Å². The first-order valence-corrected chi connectivity index (χ1v) is 6.87. The molecule has 0 radical (unpaired) electrons. The molecule has 0 N–H and O–H groups in total. The van der Waals surface area contributed by atoms with E-state index >= 15 is 0 Å². The van der Waals surface area contributed by atoms with Gasteiger partial charge in [0.2, 0.25) is 0 Å². The smallest absolute Gasteiger partial charge is 0.297 e. The number of rotatable bonds is 4. The summed E-state index contributed by atoms with van der Waals surface area (Å²) in [6.07, 6.45) is 0.731. The number of hydrogen-bond acceptors (Lipinski definition) is 3. The lowest BCUT2D eigenvalue weighted by molar-refractivity contribution is -0.123. The second-order valence-electron chi connectivity index (χ2n) is 5.47. The number of carbonyl (C=O) groups is 3. The number of amides is 1. The minimum Gasteiger partial charge on any atom is -0.297 e. The molecular weight excluding hydrogens is 254 g/mol. The topological polar surface area (TPSA) is 54.5 Å². The van der Waals surface area contributed by atoms with Crippen LogP contribution in [0.25, 0.3) is 0 Å². The molecule has 1 unspecified atom stereocenters. The Morgan fingerprint density at radius 3 is 2.50 bits per heavy atom. The molecule has 0 aliphatic carbocycles. The molecule has 106 valence electrons. The van der Waals surface area contributed by atoms with Crippen molar-refractivity contribution in [2.45, 2.75) is 34.1 Å². The standard InChI is InChI=1S/C16H19NO3/c1-5-10(3)13(18)8-17-12-7-9(2)6-11(4)14(12)15(19)16(17)20/h6-7,10H,5,8H2,1-4H3. The zero-order valence-corrected chi connectivity index (χ0v) is 12.3. The first-order chi connectivity index (χ1) is 9.36. The molecule has 2 rings (SSSR count). The lowest BCUT2D eigenvalue weighted by atomic mass is 10.0. The predicted octanol–water partition coefficient (Wildman–Crippen LogP) is 2.45. The normalized spacial score (nSPS) is 15.5. The number of hydrogen-bond donors (Lipinski definition) is 0. The summed E-state index contributed by atoms with van der Waals surface area (Å²) >= 11 is 0. The second-order valence-corrected chi connectivity index (χ2v) is 5.47. The monoisotopic (exact) mass is 273 g/mol. The number of nitrogens with zero attached hydrogens (tertiary/aromatic N) is 1. The van der Waals surface area contributed by atoms with Gasteiger partial charge in [0.1, 0.15) is 0 Å². The summed E-state index contributed by atoms with van der Waals surface area (Å²) < 4.78 is 0. The summed E-state index contributed by atoms with van der Waals surface area (Å²) in [6, 6.07) is 3.68. The van der Waals surface area contributed by atoms with Crippen molar-refractivity contribution < 1.29 is 14.4 Å². The molecule has 1 aliphatic heterocycles. The van der Waals surface area contributed by atoms with Gasteiger partial charge in [-0.3, -0.25) is 19.3 Å². The summed E-state index contributed by atoms with van der Waals surface area (Å²) in [5.74, 6) is -1.21. The Kier molecular flexibility index (Phi) is 3.75. The highest BCUT2D eigenvalue weighted by atomic mass is 16.2. The van der Waals surface area contributed by atoms with Crippen LogP contribution < -0.4 is 4.90 Å². The molecule has 20 heavy (non-hydrogen) atoms. The molecule has 4 heteroatoms. The summed E-state index contributed by atoms with van der Waals surface area (Å²) in [7, 11) is 0. The number of Topliss-reactive ketones (excluding diaryl/α,β-unsaturated/α-hetero) is 2. The number of anilines is 1. The van der Waals surface area contributed by atoms with E-state index in [2.05, 4.69) is 0 Å². The lowest BCUT2D eigenvalue weighted by Gasteiger charge is -2.18. The van der Waals surface area contributed by atoms with Crippen molar-refractivity contribution in [3.8, 4) is 0 Å². The van der Waals surface area contributed by atoms with Gasteiger partial charge in [-0.25, -0.2) is 0 Å². The van der Waals surface area contributed by atoms with E-state index in [1.807, 2.05) is 33.8 Å². The Balaban J connectivity index is 2.41. The van der Waals surface area contributed by atoms with Gasteiger partial charge in [0, 0.05) is 5.92 Å². The minimum atomic E-state index is -0.592. The van der Waals surface area contributed by atoms with E-state index in [1.165, 1.54) is 4.90 Å². The summed E-state index contributed by atoms with van der Waals surface area (Å²) in [4.78, 5) is 37.5. The summed E-state index contributed by atoms with van der Waals surface area (Å²) in [5, 5.41) is 0. The molecule has 1 atom stereocenters. The Morgan fingerprint density at radius 2 is 1.90 bits per heavy atom. The number of benzene rings is 1. The largest absolute Gasteiger partial charge is 0.299 e. The van der Waals surface area contributed by atoms with Gasteiger partial charge >= 0.3 is 0 Å². The molecule has 1 aliphatic rings. The molecule has 1 aromatic rings. The van der Waals surface area contributed by atoms with Crippen LogP contribution in [0.15, 0.2) is 12.1 Å². The number of carbonyl (C=O) groups excluding carboxylic acids is 3. The zero-order chi connectivity index (χ0) is 15.0. The van der Waals surface area contributed by atoms with E-state index in [9.17, 15) is 14.4 Å². The number of ketones is 2. The van der Waals surface area contributed by atoms with E-state index < -0.39 is 11.7 Å². The van der Waals surface area contributed by atoms with Gasteiger partial charge in [-0.1, -0.05) is 19.9 Å². The Labute approximate surface area is 118 Å². The van der Waals surface area contributed by atoms with Gasteiger partial charge in [-0.2, -0.15) is 0 Å². The summed E-state index contributed by atoms with van der Waals surface area (Å²) in [5.41, 5.74) is 2.79. The van der Waals surface area contributed by atoms with Crippen LogP contribution in [0.4, 0.5) is 5.69 Å². The van der Waals surface area contributed by atoms with Crippen LogP contribution in [-0.4, -0.2) is 24.0 Å². The molecule has 0 spiro atoms. The van der Waals surface area contributed by atoms with Crippen LogP contribution in [-0.2, 0) is 9.59 Å². The van der Waals surface area contributed by atoms with Gasteiger partial charge < -0.3 is 0 Å². The zero-order valence-electron chi connectivity index (χ0n) is 12.3. The molecule has 0 fully saturated rings. The maximum absolute atomic E-state index is 12.1. The lowest BCUT2D eigenvalue weighted by Crippen LogP contribution is -2.36. The van der Waals surface area contributed by atoms with E-state index in [-0.39, 0.29) is 18.2 Å². The number of aryl methyl sites for hydroxylation is 2. The first kappa shape index (κ1) is 14.4. The fraction of sp³-hybridized carbons (Fsp3) is 0.438. The molecule has 0 aromatic heterocycles. The van der Waals surface area contributed by atoms with Crippen LogP contribution in [0, 0.1) is 19.8 Å². The fourth-order valence-corrected chi connectivity index (χ4v) is 2.49. The molecule has 0 bridgehead atoms. The predicted molar refractivity (Wildman–Crippen MR) is 77.1 cm³/mol. The van der Waals surface area contributed by atoms with Gasteiger partial charge in [0.05, 0.1) is 17.8 Å². The van der Waals surface area contributed by atoms with E-state index in [0.717, 1.165) is 17.5 Å². The average Bonchev–Trinajstić information content (AvgIpc) is 2.62. The highest BCUT2D eigenvalue weighted by Crippen LogP contribution is 2.32. The van der Waals surface area contributed by atoms with Crippen LogP contribution in [0.1, 0.15) is 41.8 Å². The molecule has 4 nitrogen and oxygen atoms in total. The first-order valence-electron chi connectivity index (χ1n) is 6.87. The quantitative estimate of drug-likeness (QED) is 0.792. The third kappa shape index (κ3) is 2.26. The van der Waals surface area contributed by atoms with Crippen LogP contribution in [0.2, 0.25) is 0 Å². The van der Waals surface area contributed by atoms with Gasteiger partial charge in [0.25, 0.3) is 11.7 Å². The molecule has 0 saturated heterocycles. The third-order valence-corrected chi connectivity index (χ3v) is 3.89. The van der Waals surface area contributed by atoms with Crippen molar-refractivity contribution in [2.75, 3.05) is 11.4 Å². The fourth-order valence-electron chi connectivity index (χ4n) is 2.49. The van der Waals surface area contributed by atoms with Gasteiger partial charge in [-0.05, 0) is 37.5 Å². The van der Waals surface area contributed by atoms with Crippen molar-refractivity contribution >= 4 is 23.2 Å². The van der Waals surface area contributed by atoms with Crippen molar-refractivity contribution in [1.29, 1.82) is 0 Å². The van der Waals surface area contributed by atoms with Crippen LogP contribution >= 0.6 is 0 Å². The maximum Gasteiger partial charge on any atom is 0.299 e. The van der Waals surface area contributed by atoms with Crippen LogP contribution in [0.5, 0.6) is 0 Å². The highest BCUT2D eigenvalue weighted by molar-refractivity contribution is 6.53. The minimum absolute atomic E-state index is 0.0133. The van der Waals surface area contributed by atoms with Crippen molar-refractivity contribution in [1.82, 2.24) is 0 Å². The average molecular weight is 273 g/mol. The molecule has 0 saturated carbocycles. The number of fused-ring (bicyclic) bond motifs is 1. The third-order valence-electron chi connectivity index (χ3n) is 3.89. The van der Waals surface area contributed by atoms with Gasteiger partial charge in [0.15, 0.2) is 5.78 Å². The maximum atomic E-state index is 12.1. The SMILES string of the molecule is CCC(C)C(=O)CN1C(=O)C(=O)c2c(C)cc(C)cc21. The second kappa shape index (κ2) is 5.19. The van der Waals surface area contributed by atoms with E-state index in [4.69, 9.17) is 0 Å². The van der Waals surface area contributed by atoms with Crippen molar-refractivity contribution in [3.05, 3.63) is 28.8 Å². The Morgan fingerprint density at radius 1 is 1.25 bits per heavy atom. The van der Waals surface area contributed by atoms with E-state index in [0.29, 0.717) is 11.3 Å². The van der Waals surface area contributed by atoms with Crippen LogP contribution in [0.3, 0.4) is 0 Å². The molecule has 1 aromatic carbocycles. The van der Waals surface area contributed by atoms with Gasteiger partial charge in [-0.15, -0.1) is 0 Å². The molecule has 1 amide bonds. The van der Waals surface area contributed by atoms with Crippen molar-refractivity contribution in [2.24, 2.45) is 5.92 Å². The molecule has 1 heterocycles. The Bertz CT molecular complexity index is 604. The Hall–Kier alpha value is -1.97. The summed E-state index contributed by atoms with van der Waals surface area (Å²) in [6.45, 7) is 7.48. The highest BCUT2D eigenvalue weighted by Gasteiger charge is 2.38. The molecular formula is C16H19NO3. The van der Waals surface area contributed by atoms with Crippen molar-refractivity contribution in [3.63, 3.8) is 0 Å².